The second-order valence-corrected chi connectivity index (χ2v) is 5.14. The summed E-state index contributed by atoms with van der Waals surface area (Å²) in [6, 6.07) is 5.83. The van der Waals surface area contributed by atoms with Crippen molar-refractivity contribution in [2.24, 2.45) is 0 Å². The molecule has 2 heterocycles. The summed E-state index contributed by atoms with van der Waals surface area (Å²) in [4.78, 5) is 15.4. The number of benzene rings is 1. The summed E-state index contributed by atoms with van der Waals surface area (Å²) in [7, 11) is 0. The first-order valence-corrected chi connectivity index (χ1v) is 6.41. The van der Waals surface area contributed by atoms with Crippen LogP contribution in [0.15, 0.2) is 18.2 Å². The fourth-order valence-electron chi connectivity index (χ4n) is 2.03. The third-order valence-electron chi connectivity index (χ3n) is 2.92. The molecule has 0 saturated carbocycles. The van der Waals surface area contributed by atoms with Crippen LogP contribution in [0.4, 0.5) is 0 Å². The number of hydrogen-bond donors (Lipinski definition) is 0. The van der Waals surface area contributed by atoms with Gasteiger partial charge in [0.2, 0.25) is 0 Å². The van der Waals surface area contributed by atoms with E-state index < -0.39 is 5.97 Å². The molecule has 0 aliphatic carbocycles. The number of aromatic nitrogens is 1. The van der Waals surface area contributed by atoms with Gasteiger partial charge in [0, 0.05) is 12.0 Å². The van der Waals surface area contributed by atoms with Gasteiger partial charge >= 0.3 is 0 Å². The maximum atomic E-state index is 10.9. The Labute approximate surface area is 108 Å². The molecule has 5 heteroatoms. The molecule has 92 valence electrons. The van der Waals surface area contributed by atoms with Crippen molar-refractivity contribution >= 4 is 17.3 Å². The molecule has 0 spiro atoms. The van der Waals surface area contributed by atoms with Crippen molar-refractivity contribution in [3.8, 4) is 16.3 Å². The maximum Gasteiger partial charge on any atom is 0.124 e. The average Bonchev–Trinajstić information content (AvgIpc) is 2.93. The highest BCUT2D eigenvalue weighted by Gasteiger charge is 2.15. The zero-order chi connectivity index (χ0) is 12.7. The molecule has 0 unspecified atom stereocenters. The highest BCUT2D eigenvalue weighted by Crippen LogP contribution is 2.33. The standard InChI is InChI=1S/C13H11NO3S/c1-7-11(13(15)16)18-12(14-7)9-2-3-10-8(6-9)4-5-17-10/h2-3,6H,4-5H2,1H3,(H,15,16)/p-1. The Hall–Kier alpha value is -1.88. The molecule has 0 amide bonds. The fraction of sp³-hybridized carbons (Fsp3) is 0.231. The Kier molecular flexibility index (Phi) is 2.56. The Morgan fingerprint density at radius 3 is 3.06 bits per heavy atom. The van der Waals surface area contributed by atoms with Crippen LogP contribution in [0.3, 0.4) is 0 Å². The molecule has 1 aromatic carbocycles. The average molecular weight is 260 g/mol. The zero-order valence-corrected chi connectivity index (χ0v) is 10.5. The maximum absolute atomic E-state index is 10.9. The number of ether oxygens (including phenoxy) is 1. The van der Waals surface area contributed by atoms with Crippen LogP contribution in [0.25, 0.3) is 10.6 Å². The van der Waals surface area contributed by atoms with Gasteiger partial charge < -0.3 is 14.6 Å². The molecular formula is C13H10NO3S-. The minimum absolute atomic E-state index is 0.196. The first-order valence-electron chi connectivity index (χ1n) is 5.60. The molecular weight excluding hydrogens is 250 g/mol. The molecule has 0 N–H and O–H groups in total. The lowest BCUT2D eigenvalue weighted by atomic mass is 10.1. The first kappa shape index (κ1) is 11.2. The van der Waals surface area contributed by atoms with Crippen molar-refractivity contribution in [2.75, 3.05) is 6.61 Å². The van der Waals surface area contributed by atoms with Gasteiger partial charge in [-0.2, -0.15) is 0 Å². The lowest BCUT2D eigenvalue weighted by molar-refractivity contribution is -0.254. The van der Waals surface area contributed by atoms with E-state index >= 15 is 0 Å². The predicted octanol–water partition coefficient (Wildman–Crippen LogP) is 1.42. The van der Waals surface area contributed by atoms with Gasteiger partial charge in [-0.1, -0.05) is 0 Å². The number of carboxylic acid groups (broad SMARTS) is 1. The molecule has 4 nitrogen and oxygen atoms in total. The number of hydrogen-bond acceptors (Lipinski definition) is 5. The normalized spacial score (nSPS) is 13.2. The van der Waals surface area contributed by atoms with Gasteiger partial charge in [-0.15, -0.1) is 11.3 Å². The predicted molar refractivity (Wildman–Crippen MR) is 65.8 cm³/mol. The highest BCUT2D eigenvalue weighted by molar-refractivity contribution is 7.17. The Balaban J connectivity index is 2.05. The first-order chi connectivity index (χ1) is 8.65. The lowest BCUT2D eigenvalue weighted by Gasteiger charge is -2.00. The molecule has 0 bridgehead atoms. The Morgan fingerprint density at radius 2 is 2.33 bits per heavy atom. The van der Waals surface area contributed by atoms with Gasteiger partial charge in [-0.3, -0.25) is 0 Å². The second kappa shape index (κ2) is 4.10. The van der Waals surface area contributed by atoms with Crippen LogP contribution in [0.1, 0.15) is 20.9 Å². The summed E-state index contributed by atoms with van der Waals surface area (Å²) in [5.74, 6) is -0.257. The molecule has 0 radical (unpaired) electrons. The van der Waals surface area contributed by atoms with E-state index in [4.69, 9.17) is 4.74 Å². The summed E-state index contributed by atoms with van der Waals surface area (Å²) in [6.07, 6.45) is 0.890. The molecule has 0 saturated heterocycles. The van der Waals surface area contributed by atoms with Gasteiger partial charge in [0.05, 0.1) is 23.1 Å². The van der Waals surface area contributed by atoms with Crippen LogP contribution in [0.2, 0.25) is 0 Å². The van der Waals surface area contributed by atoms with Crippen molar-refractivity contribution in [2.45, 2.75) is 13.3 Å². The lowest BCUT2D eigenvalue weighted by Crippen LogP contribution is -2.21. The number of carbonyl (C=O) groups excluding carboxylic acids is 1. The number of carboxylic acids is 1. The van der Waals surface area contributed by atoms with Crippen LogP contribution in [-0.2, 0) is 6.42 Å². The largest absolute Gasteiger partial charge is 0.544 e. The molecule has 1 aliphatic rings. The van der Waals surface area contributed by atoms with Crippen molar-refractivity contribution in [1.29, 1.82) is 0 Å². The van der Waals surface area contributed by atoms with Gasteiger partial charge in [0.15, 0.2) is 0 Å². The van der Waals surface area contributed by atoms with Gasteiger partial charge in [-0.05, 0) is 30.7 Å². The van der Waals surface area contributed by atoms with E-state index in [-0.39, 0.29) is 4.88 Å². The number of fused-ring (bicyclic) bond motifs is 1. The summed E-state index contributed by atoms with van der Waals surface area (Å²) < 4.78 is 5.44. The van der Waals surface area contributed by atoms with E-state index in [1.54, 1.807) is 6.92 Å². The van der Waals surface area contributed by atoms with Crippen LogP contribution in [0.5, 0.6) is 5.75 Å². The molecule has 1 aliphatic heterocycles. The van der Waals surface area contributed by atoms with E-state index in [1.165, 1.54) is 0 Å². The van der Waals surface area contributed by atoms with Crippen LogP contribution < -0.4 is 9.84 Å². The number of carbonyl (C=O) groups is 1. The molecule has 2 aromatic rings. The SMILES string of the molecule is Cc1nc(-c2ccc3c(c2)CCO3)sc1C(=O)[O-]. The minimum Gasteiger partial charge on any atom is -0.544 e. The Morgan fingerprint density at radius 1 is 1.50 bits per heavy atom. The number of rotatable bonds is 2. The smallest absolute Gasteiger partial charge is 0.124 e. The third-order valence-corrected chi connectivity index (χ3v) is 4.10. The molecule has 0 atom stereocenters. The molecule has 1 aromatic heterocycles. The van der Waals surface area contributed by atoms with Crippen molar-refractivity contribution in [3.63, 3.8) is 0 Å². The highest BCUT2D eigenvalue weighted by atomic mass is 32.1. The quantitative estimate of drug-likeness (QED) is 0.819. The Bertz CT molecular complexity index is 633. The van der Waals surface area contributed by atoms with E-state index in [2.05, 4.69) is 4.98 Å². The van der Waals surface area contributed by atoms with Gasteiger partial charge in [-0.25, -0.2) is 4.98 Å². The number of aryl methyl sites for hydroxylation is 1. The van der Waals surface area contributed by atoms with Crippen LogP contribution in [0, 0.1) is 6.92 Å². The monoisotopic (exact) mass is 260 g/mol. The minimum atomic E-state index is -1.17. The van der Waals surface area contributed by atoms with Gasteiger partial charge in [0.1, 0.15) is 10.8 Å². The van der Waals surface area contributed by atoms with E-state index in [9.17, 15) is 9.90 Å². The van der Waals surface area contributed by atoms with Crippen LogP contribution >= 0.6 is 11.3 Å². The summed E-state index contributed by atoms with van der Waals surface area (Å²) in [6.45, 7) is 2.39. The van der Waals surface area contributed by atoms with E-state index in [1.807, 2.05) is 18.2 Å². The summed E-state index contributed by atoms with van der Waals surface area (Å²) in [5.41, 5.74) is 2.59. The fourth-order valence-corrected chi connectivity index (χ4v) is 2.93. The molecule has 3 rings (SSSR count). The van der Waals surface area contributed by atoms with Crippen molar-refractivity contribution in [1.82, 2.24) is 4.98 Å². The topological polar surface area (TPSA) is 62.2 Å². The molecule has 0 fully saturated rings. The number of nitrogens with zero attached hydrogens (tertiary/aromatic N) is 1. The third kappa shape index (κ3) is 1.76. The van der Waals surface area contributed by atoms with Crippen LogP contribution in [-0.4, -0.2) is 17.6 Å². The summed E-state index contributed by atoms with van der Waals surface area (Å²) >= 11 is 1.15. The van der Waals surface area contributed by atoms with E-state index in [0.29, 0.717) is 17.3 Å². The second-order valence-electron chi connectivity index (χ2n) is 4.14. The number of aromatic carboxylic acids is 1. The van der Waals surface area contributed by atoms with E-state index in [0.717, 1.165) is 34.6 Å². The van der Waals surface area contributed by atoms with Gasteiger partial charge in [0.25, 0.3) is 0 Å². The van der Waals surface area contributed by atoms with Crippen molar-refractivity contribution in [3.05, 3.63) is 34.3 Å². The zero-order valence-electron chi connectivity index (χ0n) is 9.73. The summed E-state index contributed by atoms with van der Waals surface area (Å²) in [5, 5.41) is 11.6. The van der Waals surface area contributed by atoms with Crippen molar-refractivity contribution < 1.29 is 14.6 Å². The number of thiazole rings is 1. The molecule has 18 heavy (non-hydrogen) atoms.